The zero-order chi connectivity index (χ0) is 18.2. The predicted octanol–water partition coefficient (Wildman–Crippen LogP) is 3.80. The van der Waals surface area contributed by atoms with Gasteiger partial charge in [-0.25, -0.2) is 4.98 Å². The molecular weight excluding hydrogens is 336 g/mol. The molecule has 0 aliphatic carbocycles. The lowest BCUT2D eigenvalue weighted by Gasteiger charge is -2.22. The van der Waals surface area contributed by atoms with Crippen molar-refractivity contribution >= 4 is 27.5 Å². The Morgan fingerprint density at radius 2 is 1.96 bits per heavy atom. The SMILES string of the molecule is CCc1nc2scc(-c3ccccc3)c2c(=O)n1CC(C)(C)C(=O)O. The summed E-state index contributed by atoms with van der Waals surface area (Å²) < 4.78 is 1.52. The first-order valence-corrected chi connectivity index (χ1v) is 9.03. The number of thiophene rings is 1. The van der Waals surface area contributed by atoms with Crippen LogP contribution < -0.4 is 5.56 Å². The summed E-state index contributed by atoms with van der Waals surface area (Å²) in [6.45, 7) is 5.26. The Labute approximate surface area is 149 Å². The third-order valence-corrected chi connectivity index (χ3v) is 5.18. The third kappa shape index (κ3) is 3.09. The molecule has 0 aliphatic rings. The average Bonchev–Trinajstić information content (AvgIpc) is 3.02. The lowest BCUT2D eigenvalue weighted by molar-refractivity contribution is -0.147. The van der Waals surface area contributed by atoms with Gasteiger partial charge in [0.2, 0.25) is 0 Å². The summed E-state index contributed by atoms with van der Waals surface area (Å²) in [4.78, 5) is 30.0. The van der Waals surface area contributed by atoms with Crippen LogP contribution in [0.5, 0.6) is 0 Å². The van der Waals surface area contributed by atoms with Crippen LogP contribution in [0.15, 0.2) is 40.5 Å². The van der Waals surface area contributed by atoms with E-state index in [1.165, 1.54) is 15.9 Å². The number of carboxylic acids is 1. The smallest absolute Gasteiger partial charge is 0.310 e. The summed E-state index contributed by atoms with van der Waals surface area (Å²) in [7, 11) is 0. The van der Waals surface area contributed by atoms with Crippen molar-refractivity contribution in [3.8, 4) is 11.1 Å². The van der Waals surface area contributed by atoms with Crippen LogP contribution in [0.25, 0.3) is 21.3 Å². The second kappa shape index (κ2) is 6.44. The maximum Gasteiger partial charge on any atom is 0.310 e. The largest absolute Gasteiger partial charge is 0.481 e. The first kappa shape index (κ1) is 17.4. The number of hydrogen-bond donors (Lipinski definition) is 1. The van der Waals surface area contributed by atoms with E-state index >= 15 is 0 Å². The van der Waals surface area contributed by atoms with Gasteiger partial charge in [-0.3, -0.25) is 14.2 Å². The maximum absolute atomic E-state index is 13.2. The maximum atomic E-state index is 13.2. The lowest BCUT2D eigenvalue weighted by Crippen LogP contribution is -2.36. The molecule has 130 valence electrons. The zero-order valence-electron chi connectivity index (χ0n) is 14.4. The number of aromatic nitrogens is 2. The van der Waals surface area contributed by atoms with Gasteiger partial charge in [0.15, 0.2) is 0 Å². The Morgan fingerprint density at radius 1 is 1.28 bits per heavy atom. The number of aliphatic carboxylic acids is 1. The molecule has 0 saturated carbocycles. The molecule has 0 aliphatic heterocycles. The van der Waals surface area contributed by atoms with Gasteiger partial charge in [0, 0.05) is 23.9 Å². The highest BCUT2D eigenvalue weighted by Crippen LogP contribution is 2.31. The van der Waals surface area contributed by atoms with Crippen LogP contribution in [0, 0.1) is 5.41 Å². The van der Waals surface area contributed by atoms with E-state index in [9.17, 15) is 14.7 Å². The molecule has 0 atom stereocenters. The van der Waals surface area contributed by atoms with Crippen LogP contribution in [-0.4, -0.2) is 20.6 Å². The molecule has 0 fully saturated rings. The Hall–Kier alpha value is -2.47. The molecule has 0 bridgehead atoms. The molecule has 0 radical (unpaired) electrons. The van der Waals surface area contributed by atoms with Crippen molar-refractivity contribution in [2.75, 3.05) is 0 Å². The molecule has 1 N–H and O–H groups in total. The predicted molar refractivity (Wildman–Crippen MR) is 100 cm³/mol. The van der Waals surface area contributed by atoms with Crippen LogP contribution in [0.1, 0.15) is 26.6 Å². The van der Waals surface area contributed by atoms with Crippen LogP contribution in [0.2, 0.25) is 0 Å². The van der Waals surface area contributed by atoms with E-state index in [4.69, 9.17) is 0 Å². The molecular formula is C19H20N2O3S. The molecule has 1 aromatic carbocycles. The Balaban J connectivity index is 2.25. The quantitative estimate of drug-likeness (QED) is 0.755. The van der Waals surface area contributed by atoms with Gasteiger partial charge in [-0.05, 0) is 19.4 Å². The van der Waals surface area contributed by atoms with Gasteiger partial charge in [-0.15, -0.1) is 11.3 Å². The normalized spacial score (nSPS) is 11.8. The first-order valence-electron chi connectivity index (χ1n) is 8.15. The number of benzene rings is 1. The van der Waals surface area contributed by atoms with E-state index < -0.39 is 11.4 Å². The molecule has 0 unspecified atom stereocenters. The Kier molecular flexibility index (Phi) is 4.47. The number of carboxylic acid groups (broad SMARTS) is 1. The molecule has 0 amide bonds. The van der Waals surface area contributed by atoms with Gasteiger partial charge in [0.25, 0.3) is 5.56 Å². The standard InChI is InChI=1S/C19H20N2O3S/c1-4-14-20-16-15(13(10-25-16)12-8-6-5-7-9-12)17(22)21(14)11-19(2,3)18(23)24/h5-10H,4,11H2,1-3H3,(H,23,24). The van der Waals surface area contributed by atoms with E-state index in [1.54, 1.807) is 13.8 Å². The highest BCUT2D eigenvalue weighted by Gasteiger charge is 2.30. The second-order valence-corrected chi connectivity index (χ2v) is 7.52. The van der Waals surface area contributed by atoms with Gasteiger partial charge in [0.1, 0.15) is 10.7 Å². The molecule has 3 rings (SSSR count). The number of carbonyl (C=O) groups is 1. The van der Waals surface area contributed by atoms with Crippen LogP contribution >= 0.6 is 11.3 Å². The van der Waals surface area contributed by atoms with Gasteiger partial charge >= 0.3 is 5.97 Å². The Bertz CT molecular complexity index is 987. The van der Waals surface area contributed by atoms with Crippen LogP contribution in [-0.2, 0) is 17.8 Å². The summed E-state index contributed by atoms with van der Waals surface area (Å²) in [5.41, 5.74) is 0.589. The summed E-state index contributed by atoms with van der Waals surface area (Å²) in [5, 5.41) is 11.9. The van der Waals surface area contributed by atoms with Crippen molar-refractivity contribution in [3.05, 3.63) is 51.9 Å². The van der Waals surface area contributed by atoms with E-state index in [0.29, 0.717) is 22.5 Å². The van der Waals surface area contributed by atoms with Crippen molar-refractivity contribution < 1.29 is 9.90 Å². The lowest BCUT2D eigenvalue weighted by atomic mass is 9.93. The topological polar surface area (TPSA) is 72.2 Å². The number of nitrogens with zero attached hydrogens (tertiary/aromatic N) is 2. The van der Waals surface area contributed by atoms with Gasteiger partial charge < -0.3 is 5.11 Å². The first-order chi connectivity index (χ1) is 11.8. The fourth-order valence-corrected chi connectivity index (χ4v) is 3.75. The highest BCUT2D eigenvalue weighted by molar-refractivity contribution is 7.17. The number of rotatable bonds is 5. The fourth-order valence-electron chi connectivity index (χ4n) is 2.79. The minimum absolute atomic E-state index is 0.0946. The molecule has 3 aromatic rings. The van der Waals surface area contributed by atoms with Crippen molar-refractivity contribution in [3.63, 3.8) is 0 Å². The van der Waals surface area contributed by atoms with Gasteiger partial charge in [-0.2, -0.15) is 0 Å². The molecule has 6 heteroatoms. The minimum atomic E-state index is -1.05. The van der Waals surface area contributed by atoms with Crippen molar-refractivity contribution in [2.45, 2.75) is 33.7 Å². The fraction of sp³-hybridized carbons (Fsp3) is 0.316. The van der Waals surface area contributed by atoms with Crippen LogP contribution in [0.4, 0.5) is 0 Å². The van der Waals surface area contributed by atoms with Gasteiger partial charge in [-0.1, -0.05) is 37.3 Å². The molecule has 2 aromatic heterocycles. The number of hydrogen-bond acceptors (Lipinski definition) is 4. The summed E-state index contributed by atoms with van der Waals surface area (Å²) in [6.07, 6.45) is 0.569. The molecule has 5 nitrogen and oxygen atoms in total. The van der Waals surface area contributed by atoms with E-state index in [0.717, 1.165) is 11.1 Å². The average molecular weight is 356 g/mol. The molecule has 25 heavy (non-hydrogen) atoms. The van der Waals surface area contributed by atoms with E-state index in [2.05, 4.69) is 4.98 Å². The third-order valence-electron chi connectivity index (χ3n) is 4.31. The van der Waals surface area contributed by atoms with Crippen molar-refractivity contribution in [1.29, 1.82) is 0 Å². The van der Waals surface area contributed by atoms with Crippen molar-refractivity contribution in [1.82, 2.24) is 9.55 Å². The number of fused-ring (bicyclic) bond motifs is 1. The van der Waals surface area contributed by atoms with E-state index in [-0.39, 0.29) is 12.1 Å². The molecule has 0 spiro atoms. The second-order valence-electron chi connectivity index (χ2n) is 6.66. The van der Waals surface area contributed by atoms with E-state index in [1.807, 2.05) is 42.6 Å². The molecule has 2 heterocycles. The van der Waals surface area contributed by atoms with Crippen LogP contribution in [0.3, 0.4) is 0 Å². The monoisotopic (exact) mass is 356 g/mol. The summed E-state index contributed by atoms with van der Waals surface area (Å²) in [6, 6.07) is 9.71. The van der Waals surface area contributed by atoms with Crippen molar-refractivity contribution in [2.24, 2.45) is 5.41 Å². The Morgan fingerprint density at radius 3 is 2.56 bits per heavy atom. The zero-order valence-corrected chi connectivity index (χ0v) is 15.3. The highest BCUT2D eigenvalue weighted by atomic mass is 32.1. The summed E-state index contributed by atoms with van der Waals surface area (Å²) >= 11 is 1.44. The summed E-state index contributed by atoms with van der Waals surface area (Å²) in [5.74, 6) is -0.316. The number of aryl methyl sites for hydroxylation is 1. The molecule has 0 saturated heterocycles. The minimum Gasteiger partial charge on any atom is -0.481 e. The van der Waals surface area contributed by atoms with Gasteiger partial charge in [0.05, 0.1) is 10.8 Å².